The first kappa shape index (κ1) is 32.5. The zero-order valence-corrected chi connectivity index (χ0v) is 20.4. The Morgan fingerprint density at radius 3 is 1.97 bits per heavy atom. The number of sulfonamides is 1. The zero-order chi connectivity index (χ0) is 28.5. The summed E-state index contributed by atoms with van der Waals surface area (Å²) in [5.41, 5.74) is 1.01. The Morgan fingerprint density at radius 2 is 1.57 bits per heavy atom. The summed E-state index contributed by atoms with van der Waals surface area (Å²) in [7, 11) is -3.08. The van der Waals surface area contributed by atoms with Crippen molar-refractivity contribution in [2.24, 2.45) is 0 Å². The molecular formula is C20H27F6N3O7S. The maximum atomic E-state index is 12.0. The molecular weight excluding hydrogens is 540 g/mol. The minimum Gasteiger partial charge on any atom is -0.475 e. The predicted octanol–water partition coefficient (Wildman–Crippen LogP) is 2.36. The van der Waals surface area contributed by atoms with Crippen LogP contribution in [0.3, 0.4) is 0 Å². The van der Waals surface area contributed by atoms with Crippen molar-refractivity contribution in [3.63, 3.8) is 0 Å². The van der Waals surface area contributed by atoms with Gasteiger partial charge >= 0.3 is 24.3 Å². The van der Waals surface area contributed by atoms with Crippen LogP contribution >= 0.6 is 0 Å². The zero-order valence-electron chi connectivity index (χ0n) is 19.6. The van der Waals surface area contributed by atoms with Gasteiger partial charge in [0.05, 0.1) is 18.0 Å². The summed E-state index contributed by atoms with van der Waals surface area (Å²) < 4.78 is 95.2. The topological polar surface area (TPSA) is 137 Å². The molecule has 17 heteroatoms. The Hall–Kier alpha value is -2.50. The molecule has 0 amide bonds. The van der Waals surface area contributed by atoms with Crippen LogP contribution in [-0.4, -0.2) is 101 Å². The normalized spacial score (nSPS) is 18.7. The van der Waals surface area contributed by atoms with Crippen molar-refractivity contribution in [1.29, 1.82) is 0 Å². The third kappa shape index (κ3) is 11.2. The molecule has 0 aromatic carbocycles. The minimum atomic E-state index is -5.08. The van der Waals surface area contributed by atoms with Gasteiger partial charge in [-0.15, -0.1) is 0 Å². The van der Waals surface area contributed by atoms with Gasteiger partial charge in [0.25, 0.3) is 0 Å². The molecule has 3 rings (SSSR count). The van der Waals surface area contributed by atoms with Gasteiger partial charge < -0.3 is 14.9 Å². The van der Waals surface area contributed by atoms with Crippen LogP contribution in [-0.2, 0) is 30.9 Å². The number of pyridine rings is 1. The van der Waals surface area contributed by atoms with Crippen LogP contribution in [0.5, 0.6) is 0 Å². The van der Waals surface area contributed by atoms with Crippen LogP contribution in [0.2, 0.25) is 0 Å². The average molecular weight is 568 g/mol. The van der Waals surface area contributed by atoms with Crippen molar-refractivity contribution in [1.82, 2.24) is 14.2 Å². The maximum Gasteiger partial charge on any atom is 0.490 e. The van der Waals surface area contributed by atoms with Gasteiger partial charge in [0.15, 0.2) is 0 Å². The number of carbonyl (C=O) groups is 2. The molecule has 37 heavy (non-hydrogen) atoms. The first-order valence-electron chi connectivity index (χ1n) is 10.7. The highest BCUT2D eigenvalue weighted by Gasteiger charge is 2.42. The molecule has 0 saturated carbocycles. The predicted molar refractivity (Wildman–Crippen MR) is 116 cm³/mol. The molecule has 1 spiro atoms. The smallest absolute Gasteiger partial charge is 0.475 e. The second-order valence-corrected chi connectivity index (χ2v) is 10.3. The number of alkyl halides is 6. The Balaban J connectivity index is 0.000000404. The first-order valence-corrected chi connectivity index (χ1v) is 12.4. The number of hydrogen-bond acceptors (Lipinski definition) is 7. The van der Waals surface area contributed by atoms with Gasteiger partial charge in [-0.2, -0.15) is 26.3 Å². The quantitative estimate of drug-likeness (QED) is 0.526. The number of nitrogens with zero attached hydrogens (tertiary/aromatic N) is 3. The van der Waals surface area contributed by atoms with E-state index in [4.69, 9.17) is 24.5 Å². The highest BCUT2D eigenvalue weighted by molar-refractivity contribution is 7.89. The minimum absolute atomic E-state index is 0.175. The number of hydrogen-bond donors (Lipinski definition) is 2. The van der Waals surface area contributed by atoms with E-state index in [0.29, 0.717) is 19.7 Å². The summed E-state index contributed by atoms with van der Waals surface area (Å²) in [5.74, 6) is -5.34. The fourth-order valence-electron chi connectivity index (χ4n) is 3.47. The van der Waals surface area contributed by atoms with Gasteiger partial charge in [-0.05, 0) is 31.4 Å². The van der Waals surface area contributed by atoms with Crippen LogP contribution in [0.1, 0.15) is 25.3 Å². The number of piperidine rings is 1. The molecule has 212 valence electrons. The lowest BCUT2D eigenvalue weighted by atomic mass is 9.90. The lowest BCUT2D eigenvalue weighted by molar-refractivity contribution is -0.193. The fraction of sp³-hybridized carbons (Fsp3) is 0.650. The van der Waals surface area contributed by atoms with Crippen molar-refractivity contribution >= 4 is 22.0 Å². The van der Waals surface area contributed by atoms with E-state index in [9.17, 15) is 34.8 Å². The largest absolute Gasteiger partial charge is 0.490 e. The van der Waals surface area contributed by atoms with Crippen LogP contribution < -0.4 is 0 Å². The fourth-order valence-corrected chi connectivity index (χ4v) is 4.57. The second kappa shape index (κ2) is 13.3. The maximum absolute atomic E-state index is 12.0. The van der Waals surface area contributed by atoms with Crippen molar-refractivity contribution in [3.8, 4) is 0 Å². The molecule has 2 aliphatic rings. The van der Waals surface area contributed by atoms with Gasteiger partial charge in [-0.3, -0.25) is 9.88 Å². The van der Waals surface area contributed by atoms with Gasteiger partial charge in [0, 0.05) is 45.1 Å². The molecule has 1 aromatic rings. The molecule has 2 aliphatic heterocycles. The first-order chi connectivity index (χ1) is 16.9. The molecule has 2 fully saturated rings. The van der Waals surface area contributed by atoms with Crippen LogP contribution in [0.25, 0.3) is 0 Å². The summed E-state index contributed by atoms with van der Waals surface area (Å²) in [4.78, 5) is 24.4. The summed E-state index contributed by atoms with van der Waals surface area (Å²) in [6, 6.07) is 4.05. The van der Waals surface area contributed by atoms with Crippen LogP contribution in [0, 0.1) is 0 Å². The Kier molecular flexibility index (Phi) is 11.7. The number of aromatic nitrogens is 1. The van der Waals surface area contributed by atoms with Crippen LogP contribution in [0.15, 0.2) is 24.5 Å². The number of carboxylic acids is 2. The Labute approximate surface area is 208 Å². The molecule has 0 unspecified atom stereocenters. The Morgan fingerprint density at radius 1 is 1.05 bits per heavy atom. The summed E-state index contributed by atoms with van der Waals surface area (Å²) in [5, 5.41) is 14.2. The Bertz CT molecular complexity index is 958. The van der Waals surface area contributed by atoms with E-state index in [-0.39, 0.29) is 11.4 Å². The van der Waals surface area contributed by atoms with E-state index in [0.717, 1.165) is 32.5 Å². The number of carboxylic acid groups (broad SMARTS) is 2. The monoisotopic (exact) mass is 567 g/mol. The highest BCUT2D eigenvalue weighted by atomic mass is 32.2. The van der Waals surface area contributed by atoms with E-state index in [2.05, 4.69) is 16.0 Å². The van der Waals surface area contributed by atoms with E-state index >= 15 is 0 Å². The van der Waals surface area contributed by atoms with Crippen molar-refractivity contribution < 1.29 is 59.3 Å². The van der Waals surface area contributed by atoms with Crippen molar-refractivity contribution in [2.75, 3.05) is 38.5 Å². The molecule has 0 atom stereocenters. The van der Waals surface area contributed by atoms with Crippen LogP contribution in [0.4, 0.5) is 26.3 Å². The van der Waals surface area contributed by atoms with E-state index in [1.807, 2.05) is 12.3 Å². The van der Waals surface area contributed by atoms with E-state index in [1.165, 1.54) is 5.56 Å². The van der Waals surface area contributed by atoms with E-state index in [1.54, 1.807) is 17.4 Å². The second-order valence-electron chi connectivity index (χ2n) is 8.01. The molecule has 10 nitrogen and oxygen atoms in total. The summed E-state index contributed by atoms with van der Waals surface area (Å²) in [6.07, 6.45) is -4.93. The molecule has 0 radical (unpaired) electrons. The standard InChI is InChI=1S/C16H25N3O3S.2C2HF3O2/c1-2-23(20,21)19-8-5-16(6-9-19)14-18(10-11-22-16)13-15-4-3-7-17-12-15;2*3-2(4,5)1(6)7/h3-4,7,12H,2,5-6,8-11,13-14H2,1H3;2*(H,6,7). The number of rotatable bonds is 4. The van der Waals surface area contributed by atoms with Crippen molar-refractivity contribution in [3.05, 3.63) is 30.1 Å². The molecule has 0 bridgehead atoms. The molecule has 2 saturated heterocycles. The van der Waals surface area contributed by atoms with E-state index < -0.39 is 34.3 Å². The van der Waals surface area contributed by atoms with Gasteiger partial charge in [-0.1, -0.05) is 6.07 Å². The van der Waals surface area contributed by atoms with Gasteiger partial charge in [0.1, 0.15) is 0 Å². The SMILES string of the molecule is CCS(=O)(=O)N1CCC2(CC1)CN(Cc1cccnc1)CCO2.O=C(O)C(F)(F)F.O=C(O)C(F)(F)F. The van der Waals surface area contributed by atoms with Gasteiger partial charge in [0.2, 0.25) is 10.0 Å². The number of morpholine rings is 1. The highest BCUT2D eigenvalue weighted by Crippen LogP contribution is 2.31. The van der Waals surface area contributed by atoms with Gasteiger partial charge in [-0.25, -0.2) is 22.3 Å². The average Bonchev–Trinajstić information content (AvgIpc) is 2.80. The lowest BCUT2D eigenvalue weighted by Crippen LogP contribution is -2.57. The number of aliphatic carboxylic acids is 2. The molecule has 1 aromatic heterocycles. The molecule has 3 heterocycles. The summed E-state index contributed by atoms with van der Waals surface area (Å²) >= 11 is 0. The molecule has 0 aliphatic carbocycles. The molecule has 2 N–H and O–H groups in total. The summed E-state index contributed by atoms with van der Waals surface area (Å²) in [6.45, 7) is 6.19. The third-order valence-corrected chi connectivity index (χ3v) is 7.21. The third-order valence-electron chi connectivity index (χ3n) is 5.33. The number of ether oxygens (including phenoxy) is 1. The van der Waals surface area contributed by atoms with Crippen molar-refractivity contribution in [2.45, 2.75) is 44.3 Å². The number of halogens is 6. The lowest BCUT2D eigenvalue weighted by Gasteiger charge is -2.47.